The predicted molar refractivity (Wildman–Crippen MR) is 82.4 cm³/mol. The van der Waals surface area contributed by atoms with E-state index in [1.54, 1.807) is 12.1 Å². The normalized spacial score (nSPS) is 20.1. The largest absolute Gasteiger partial charge is 0.497 e. The molecule has 1 heterocycles. The zero-order valence-corrected chi connectivity index (χ0v) is 13.7. The van der Waals surface area contributed by atoms with E-state index in [2.05, 4.69) is 13.8 Å². The van der Waals surface area contributed by atoms with Crippen LogP contribution < -0.4 is 10.2 Å². The molecule has 1 fully saturated rings. The van der Waals surface area contributed by atoms with E-state index in [-0.39, 0.29) is 5.82 Å². The molecule has 21 heavy (non-hydrogen) atoms. The molecule has 0 unspecified atom stereocenters. The standard InChI is InChI=1S/C16H24BFO3/c1-11(2)10-19-12-7-8-14(18)13(9-12)17-20-15(3,4)16(5,6)21-17/h7-9,11H,10H2,1-6H3. The van der Waals surface area contributed by atoms with E-state index in [1.807, 2.05) is 27.7 Å². The van der Waals surface area contributed by atoms with Crippen LogP contribution in [0.2, 0.25) is 0 Å². The van der Waals surface area contributed by atoms with E-state index in [0.717, 1.165) is 0 Å². The molecule has 5 heteroatoms. The Morgan fingerprint density at radius 1 is 1.14 bits per heavy atom. The molecule has 0 N–H and O–H groups in total. The van der Waals surface area contributed by atoms with Crippen LogP contribution in [0.15, 0.2) is 18.2 Å². The van der Waals surface area contributed by atoms with Crippen LogP contribution in [-0.2, 0) is 9.31 Å². The van der Waals surface area contributed by atoms with Crippen LogP contribution in [0, 0.1) is 11.7 Å². The van der Waals surface area contributed by atoms with Gasteiger partial charge in [0, 0.05) is 5.46 Å². The first-order valence-corrected chi connectivity index (χ1v) is 7.40. The van der Waals surface area contributed by atoms with Gasteiger partial charge in [-0.15, -0.1) is 0 Å². The average Bonchev–Trinajstić information content (AvgIpc) is 2.57. The van der Waals surface area contributed by atoms with Gasteiger partial charge >= 0.3 is 7.12 Å². The molecule has 0 saturated carbocycles. The second-order valence-electron chi connectivity index (χ2n) is 6.98. The third kappa shape index (κ3) is 3.41. The van der Waals surface area contributed by atoms with Crippen molar-refractivity contribution in [3.05, 3.63) is 24.0 Å². The fourth-order valence-corrected chi connectivity index (χ4v) is 2.03. The van der Waals surface area contributed by atoms with Crippen molar-refractivity contribution in [1.29, 1.82) is 0 Å². The van der Waals surface area contributed by atoms with Crippen molar-refractivity contribution in [2.75, 3.05) is 6.61 Å². The molecule has 1 saturated heterocycles. The number of ether oxygens (including phenoxy) is 1. The lowest BCUT2D eigenvalue weighted by molar-refractivity contribution is 0.00578. The van der Waals surface area contributed by atoms with E-state index in [0.29, 0.717) is 23.7 Å². The summed E-state index contributed by atoms with van der Waals surface area (Å²) < 4.78 is 31.5. The van der Waals surface area contributed by atoms with Crippen LogP contribution in [0.5, 0.6) is 5.75 Å². The van der Waals surface area contributed by atoms with Gasteiger partial charge in [0.05, 0.1) is 17.8 Å². The Kier molecular flexibility index (Phi) is 4.36. The first kappa shape index (κ1) is 16.3. The van der Waals surface area contributed by atoms with Gasteiger partial charge in [-0.2, -0.15) is 0 Å². The summed E-state index contributed by atoms with van der Waals surface area (Å²) in [5, 5.41) is 0. The third-order valence-electron chi connectivity index (χ3n) is 4.06. The highest BCUT2D eigenvalue weighted by atomic mass is 19.1. The highest BCUT2D eigenvalue weighted by Crippen LogP contribution is 2.36. The Bertz CT molecular complexity index is 498. The van der Waals surface area contributed by atoms with E-state index in [4.69, 9.17) is 14.0 Å². The molecule has 1 aromatic rings. The molecule has 0 bridgehead atoms. The van der Waals surface area contributed by atoms with Gasteiger partial charge in [-0.1, -0.05) is 13.8 Å². The number of benzene rings is 1. The Labute approximate surface area is 126 Å². The minimum Gasteiger partial charge on any atom is -0.493 e. The van der Waals surface area contributed by atoms with Crippen molar-refractivity contribution in [2.24, 2.45) is 5.92 Å². The summed E-state index contributed by atoms with van der Waals surface area (Å²) in [5.41, 5.74) is -0.590. The molecule has 2 rings (SSSR count). The molecule has 0 radical (unpaired) electrons. The smallest absolute Gasteiger partial charge is 0.493 e. The zero-order valence-electron chi connectivity index (χ0n) is 13.7. The van der Waals surface area contributed by atoms with Crippen molar-refractivity contribution in [1.82, 2.24) is 0 Å². The maximum Gasteiger partial charge on any atom is 0.497 e. The fourth-order valence-electron chi connectivity index (χ4n) is 2.03. The molecular weight excluding hydrogens is 270 g/mol. The van der Waals surface area contributed by atoms with Crippen molar-refractivity contribution in [3.63, 3.8) is 0 Å². The topological polar surface area (TPSA) is 27.7 Å². The maximum absolute atomic E-state index is 14.1. The Morgan fingerprint density at radius 3 is 2.24 bits per heavy atom. The lowest BCUT2D eigenvalue weighted by atomic mass is 9.78. The van der Waals surface area contributed by atoms with E-state index >= 15 is 0 Å². The van der Waals surface area contributed by atoms with Gasteiger partial charge in [-0.25, -0.2) is 4.39 Å². The Morgan fingerprint density at radius 2 is 1.71 bits per heavy atom. The second kappa shape index (κ2) is 5.62. The summed E-state index contributed by atoms with van der Waals surface area (Å²) in [6.07, 6.45) is 0. The van der Waals surface area contributed by atoms with E-state index in [9.17, 15) is 4.39 Å². The molecule has 1 aromatic carbocycles. The summed E-state index contributed by atoms with van der Waals surface area (Å²) in [6, 6.07) is 4.70. The molecule has 0 spiro atoms. The highest BCUT2D eigenvalue weighted by molar-refractivity contribution is 6.62. The maximum atomic E-state index is 14.1. The third-order valence-corrected chi connectivity index (χ3v) is 4.06. The zero-order chi connectivity index (χ0) is 15.8. The van der Waals surface area contributed by atoms with Crippen molar-refractivity contribution < 1.29 is 18.4 Å². The molecule has 0 atom stereocenters. The van der Waals surface area contributed by atoms with Gasteiger partial charge in [0.25, 0.3) is 0 Å². The van der Waals surface area contributed by atoms with Gasteiger partial charge in [-0.3, -0.25) is 0 Å². The van der Waals surface area contributed by atoms with Crippen LogP contribution in [0.4, 0.5) is 4.39 Å². The monoisotopic (exact) mass is 294 g/mol. The average molecular weight is 294 g/mol. The van der Waals surface area contributed by atoms with E-state index in [1.165, 1.54) is 6.07 Å². The molecule has 1 aliphatic rings. The molecule has 0 aromatic heterocycles. The number of hydrogen-bond acceptors (Lipinski definition) is 3. The molecule has 116 valence electrons. The van der Waals surface area contributed by atoms with Crippen LogP contribution in [0.1, 0.15) is 41.5 Å². The fraction of sp³-hybridized carbons (Fsp3) is 0.625. The lowest BCUT2D eigenvalue weighted by Crippen LogP contribution is -2.41. The Balaban J connectivity index is 2.22. The summed E-state index contributed by atoms with van der Waals surface area (Å²) >= 11 is 0. The van der Waals surface area contributed by atoms with Crippen LogP contribution >= 0.6 is 0 Å². The van der Waals surface area contributed by atoms with Gasteiger partial charge in [-0.05, 0) is 51.8 Å². The van der Waals surface area contributed by atoms with Gasteiger partial charge < -0.3 is 14.0 Å². The first-order chi connectivity index (χ1) is 9.62. The van der Waals surface area contributed by atoms with Crippen LogP contribution in [0.3, 0.4) is 0 Å². The predicted octanol–water partition coefficient (Wildman–Crippen LogP) is 3.16. The van der Waals surface area contributed by atoms with Crippen molar-refractivity contribution in [2.45, 2.75) is 52.7 Å². The summed E-state index contributed by atoms with van der Waals surface area (Å²) in [5.74, 6) is 0.704. The van der Waals surface area contributed by atoms with Gasteiger partial charge in [0.2, 0.25) is 0 Å². The van der Waals surface area contributed by atoms with Gasteiger partial charge in [0.1, 0.15) is 11.6 Å². The number of rotatable bonds is 4. The highest BCUT2D eigenvalue weighted by Gasteiger charge is 2.52. The number of halogens is 1. The summed E-state index contributed by atoms with van der Waals surface area (Å²) in [7, 11) is -0.711. The first-order valence-electron chi connectivity index (χ1n) is 7.40. The number of hydrogen-bond donors (Lipinski definition) is 0. The van der Waals surface area contributed by atoms with Gasteiger partial charge in [0.15, 0.2) is 0 Å². The SMILES string of the molecule is CC(C)COc1ccc(F)c(B2OC(C)(C)C(C)(C)O2)c1. The van der Waals surface area contributed by atoms with Crippen molar-refractivity contribution >= 4 is 12.6 Å². The van der Waals surface area contributed by atoms with Crippen molar-refractivity contribution in [3.8, 4) is 5.75 Å². The summed E-state index contributed by atoms with van der Waals surface area (Å²) in [4.78, 5) is 0. The van der Waals surface area contributed by atoms with E-state index < -0.39 is 18.3 Å². The molecule has 3 nitrogen and oxygen atoms in total. The Hall–Kier alpha value is -1.07. The van der Waals surface area contributed by atoms with Crippen LogP contribution in [-0.4, -0.2) is 24.9 Å². The minimum absolute atomic E-state index is 0.342. The molecule has 0 aliphatic carbocycles. The molecular formula is C16H24BFO3. The molecule has 0 amide bonds. The quantitative estimate of drug-likeness (QED) is 0.798. The second-order valence-corrected chi connectivity index (χ2v) is 6.98. The lowest BCUT2D eigenvalue weighted by Gasteiger charge is -2.32. The van der Waals surface area contributed by atoms with Crippen LogP contribution in [0.25, 0.3) is 0 Å². The minimum atomic E-state index is -0.711. The summed E-state index contributed by atoms with van der Waals surface area (Å²) in [6.45, 7) is 12.5. The molecule has 1 aliphatic heterocycles.